The van der Waals surface area contributed by atoms with Crippen molar-refractivity contribution in [3.05, 3.63) is 52.6 Å². The van der Waals surface area contributed by atoms with E-state index in [1.807, 2.05) is 0 Å². The van der Waals surface area contributed by atoms with Crippen molar-refractivity contribution in [2.45, 2.75) is 22.8 Å². The van der Waals surface area contributed by atoms with Gasteiger partial charge in [0.05, 0.1) is 26.1 Å². The van der Waals surface area contributed by atoms with Gasteiger partial charge in [0, 0.05) is 6.07 Å². The van der Waals surface area contributed by atoms with Gasteiger partial charge in [0.25, 0.3) is 11.6 Å². The Labute approximate surface area is 216 Å². The third-order valence-corrected chi connectivity index (χ3v) is 5.86. The quantitative estimate of drug-likeness (QED) is 0.173. The first-order chi connectivity index (χ1) is 14.8. The average Bonchev–Trinajstić information content (AvgIpc) is 2.98. The van der Waals surface area contributed by atoms with Crippen molar-refractivity contribution in [3.8, 4) is 0 Å². The minimum absolute atomic E-state index is 0. The van der Waals surface area contributed by atoms with E-state index in [9.17, 15) is 40.8 Å². The fraction of sp³-hybridized carbons (Fsp3) is 0.125. The summed E-state index contributed by atoms with van der Waals surface area (Å²) in [6.07, 6.45) is 0. The third kappa shape index (κ3) is 5.97. The number of hydrogen-bond acceptors (Lipinski definition) is 12. The van der Waals surface area contributed by atoms with Crippen LogP contribution in [0.15, 0.2) is 67.6 Å². The van der Waals surface area contributed by atoms with Gasteiger partial charge < -0.3 is 9.11 Å². The Kier molecular flexibility index (Phi) is 8.06. The number of rotatable bonds is 6. The SMILES string of the molecule is CC1=NN(c2ccc(S(=O)(=O)[O-])cc2)C(=O)C1N=Nc1ccc(S(=O)(=O)[O-])cc1[N+](=O)[O-].[Ca+2]. The summed E-state index contributed by atoms with van der Waals surface area (Å²) in [5.41, 5.74) is -0.917. The Hall–Kier alpha value is -2.34. The molecule has 1 heterocycles. The van der Waals surface area contributed by atoms with Crippen molar-refractivity contribution in [1.29, 1.82) is 0 Å². The minimum Gasteiger partial charge on any atom is -0.744 e. The summed E-state index contributed by atoms with van der Waals surface area (Å²) < 4.78 is 66.3. The second-order valence-electron chi connectivity index (χ2n) is 6.32. The van der Waals surface area contributed by atoms with Gasteiger partial charge in [-0.15, -0.1) is 5.11 Å². The van der Waals surface area contributed by atoms with E-state index in [4.69, 9.17) is 0 Å². The fourth-order valence-electron chi connectivity index (χ4n) is 2.64. The monoisotopic (exact) mass is 521 g/mol. The van der Waals surface area contributed by atoms with Crippen LogP contribution in [0.3, 0.4) is 0 Å². The van der Waals surface area contributed by atoms with Crippen molar-refractivity contribution in [3.63, 3.8) is 0 Å². The van der Waals surface area contributed by atoms with Crippen molar-refractivity contribution < 1.29 is 35.7 Å². The largest absolute Gasteiger partial charge is 2.00 e. The smallest absolute Gasteiger partial charge is 0.744 e. The number of nitrogens with zero attached hydrogens (tertiary/aromatic N) is 5. The molecule has 0 N–H and O–H groups in total. The number of carbonyl (C=O) groups excluding carboxylic acids is 1. The first-order valence-electron chi connectivity index (χ1n) is 8.39. The van der Waals surface area contributed by atoms with Crippen LogP contribution >= 0.6 is 0 Å². The van der Waals surface area contributed by atoms with Crippen LogP contribution in [-0.4, -0.2) is 86.3 Å². The summed E-state index contributed by atoms with van der Waals surface area (Å²) in [5.74, 6) is -0.717. The van der Waals surface area contributed by atoms with Crippen LogP contribution in [0, 0.1) is 10.1 Å². The van der Waals surface area contributed by atoms with Crippen LogP contribution in [0.1, 0.15) is 6.92 Å². The predicted octanol–water partition coefficient (Wildman–Crippen LogP) is 0.897. The average molecular weight is 522 g/mol. The van der Waals surface area contributed by atoms with Crippen LogP contribution in [0.5, 0.6) is 0 Å². The molecule has 0 spiro atoms. The first kappa shape index (κ1) is 26.9. The molecule has 0 aliphatic carbocycles. The molecule has 1 atom stereocenters. The molecule has 3 rings (SSSR count). The zero-order chi connectivity index (χ0) is 23.8. The topological polar surface area (TPSA) is 215 Å². The van der Waals surface area contributed by atoms with Crippen molar-refractivity contribution >= 4 is 86.7 Å². The molecule has 2 aromatic rings. The van der Waals surface area contributed by atoms with E-state index >= 15 is 0 Å². The molecule has 1 amide bonds. The maximum atomic E-state index is 12.6. The second-order valence-corrected chi connectivity index (χ2v) is 9.08. The number of hydrogen-bond donors (Lipinski definition) is 0. The summed E-state index contributed by atoms with van der Waals surface area (Å²) in [4.78, 5) is 21.6. The van der Waals surface area contributed by atoms with Crippen LogP contribution < -0.4 is 5.01 Å². The number of hydrazone groups is 1. The molecule has 0 saturated carbocycles. The molecule has 0 fully saturated rings. The predicted molar refractivity (Wildman–Crippen MR) is 110 cm³/mol. The van der Waals surface area contributed by atoms with Crippen LogP contribution in [0.25, 0.3) is 0 Å². The number of benzene rings is 2. The van der Waals surface area contributed by atoms with Crippen molar-refractivity contribution in [2.75, 3.05) is 5.01 Å². The summed E-state index contributed by atoms with van der Waals surface area (Å²) >= 11 is 0. The number of nitro benzene ring substituents is 1. The maximum Gasteiger partial charge on any atom is 2.00 e. The Morgan fingerprint density at radius 2 is 1.55 bits per heavy atom. The third-order valence-electron chi connectivity index (χ3n) is 4.18. The van der Waals surface area contributed by atoms with E-state index in [0.29, 0.717) is 6.07 Å². The molecule has 14 nitrogen and oxygen atoms in total. The zero-order valence-electron chi connectivity index (χ0n) is 16.6. The Bertz CT molecular complexity index is 1390. The number of carbonyl (C=O) groups is 1. The van der Waals surface area contributed by atoms with Crippen LogP contribution in [-0.2, 0) is 25.0 Å². The van der Waals surface area contributed by atoms with Crippen LogP contribution in [0.2, 0.25) is 0 Å². The van der Waals surface area contributed by atoms with Gasteiger partial charge >= 0.3 is 37.7 Å². The first-order valence-corrected chi connectivity index (χ1v) is 11.2. The van der Waals surface area contributed by atoms with E-state index in [1.54, 1.807) is 0 Å². The standard InChI is InChI=1S/C16H13N5O9S2.Ca/c1-9-15(16(22)20(19-9)10-2-4-11(5-3-10)31(25,26)27)18-17-13-7-6-12(32(28,29)30)8-14(13)21(23)24;/h2-8,15H,1H3,(H,25,26,27)(H,28,29,30);/q;+2/p-2. The Morgan fingerprint density at radius 3 is 2.06 bits per heavy atom. The van der Waals surface area contributed by atoms with Gasteiger partial charge in [-0.2, -0.15) is 15.2 Å². The van der Waals surface area contributed by atoms with E-state index in [0.717, 1.165) is 29.3 Å². The van der Waals surface area contributed by atoms with Gasteiger partial charge in [0.2, 0.25) is 0 Å². The van der Waals surface area contributed by atoms with E-state index in [1.165, 1.54) is 19.1 Å². The molecule has 0 saturated heterocycles. The van der Waals surface area contributed by atoms with E-state index < -0.39 is 58.3 Å². The van der Waals surface area contributed by atoms with Gasteiger partial charge in [-0.05, 0) is 43.3 Å². The maximum absolute atomic E-state index is 12.6. The molecule has 1 aliphatic heterocycles. The Morgan fingerprint density at radius 1 is 1.00 bits per heavy atom. The molecule has 0 aromatic heterocycles. The molecule has 1 aliphatic rings. The van der Waals surface area contributed by atoms with Crippen LogP contribution in [0.4, 0.5) is 17.1 Å². The summed E-state index contributed by atoms with van der Waals surface area (Å²) in [7, 11) is -9.61. The minimum atomic E-state index is -4.94. The molecular formula is C16H11CaN5O9S2. The fourth-order valence-corrected chi connectivity index (χ4v) is 3.60. The molecule has 17 heteroatoms. The van der Waals surface area contributed by atoms with E-state index in [-0.39, 0.29) is 49.1 Å². The zero-order valence-corrected chi connectivity index (χ0v) is 20.4. The molecule has 0 radical (unpaired) electrons. The van der Waals surface area contributed by atoms with Gasteiger partial charge in [0.15, 0.2) is 11.7 Å². The number of amides is 1. The number of azo groups is 1. The molecule has 2 aromatic carbocycles. The molecule has 168 valence electrons. The molecular weight excluding hydrogens is 510 g/mol. The number of anilines is 1. The molecule has 1 unspecified atom stereocenters. The van der Waals surface area contributed by atoms with Crippen molar-refractivity contribution in [1.82, 2.24) is 0 Å². The van der Waals surface area contributed by atoms with Gasteiger partial charge in [-0.1, -0.05) is 0 Å². The van der Waals surface area contributed by atoms with Gasteiger partial charge in [-0.25, -0.2) is 16.8 Å². The Balaban J connectivity index is 0.00000385. The van der Waals surface area contributed by atoms with E-state index in [2.05, 4.69) is 15.3 Å². The van der Waals surface area contributed by atoms with Gasteiger partial charge in [-0.3, -0.25) is 14.9 Å². The summed E-state index contributed by atoms with van der Waals surface area (Å²) in [5, 5.41) is 23.5. The second kappa shape index (κ2) is 9.88. The summed E-state index contributed by atoms with van der Waals surface area (Å²) in [6, 6.07) is 5.35. The van der Waals surface area contributed by atoms with Gasteiger partial charge in [0.1, 0.15) is 20.2 Å². The molecule has 33 heavy (non-hydrogen) atoms. The normalized spacial score (nSPS) is 16.6. The number of nitro groups is 1. The molecule has 0 bridgehead atoms. The summed E-state index contributed by atoms with van der Waals surface area (Å²) in [6.45, 7) is 1.43. The van der Waals surface area contributed by atoms with Crippen molar-refractivity contribution in [2.24, 2.45) is 15.3 Å².